The van der Waals surface area contributed by atoms with Crippen LogP contribution < -0.4 is 15.5 Å². The van der Waals surface area contributed by atoms with E-state index in [-0.39, 0.29) is 5.91 Å². The largest absolute Gasteiger partial charge is 0.387 e. The number of hydrogen-bond acceptors (Lipinski definition) is 4. The second-order valence-electron chi connectivity index (χ2n) is 6.67. The Balaban J connectivity index is 1.66. The lowest BCUT2D eigenvalue weighted by atomic mass is 10.1. The standard InChI is InChI=1S/C23H24N4O2/c1-17-6-11-21(22(15-17)24-2)23(29)26-19-7-9-20(10-8-19)27(16-28)14-12-18-5-3-4-13-25-18/h3-11,13,15-16,24H,12,14H2,1-2H3,(H,26,29). The molecule has 2 aromatic carbocycles. The maximum atomic E-state index is 12.6. The molecular weight excluding hydrogens is 364 g/mol. The number of rotatable bonds is 8. The normalized spacial score (nSPS) is 10.3. The van der Waals surface area contributed by atoms with Gasteiger partial charge in [0.2, 0.25) is 6.41 Å². The Morgan fingerprint density at radius 1 is 1.10 bits per heavy atom. The van der Waals surface area contributed by atoms with Crippen LogP contribution in [0.5, 0.6) is 0 Å². The van der Waals surface area contributed by atoms with Gasteiger partial charge in [-0.2, -0.15) is 0 Å². The number of nitrogens with one attached hydrogen (secondary N) is 2. The first-order valence-corrected chi connectivity index (χ1v) is 9.42. The van der Waals surface area contributed by atoms with Crippen molar-refractivity contribution in [2.75, 3.05) is 29.1 Å². The van der Waals surface area contributed by atoms with Gasteiger partial charge in [0.15, 0.2) is 0 Å². The zero-order valence-corrected chi connectivity index (χ0v) is 16.6. The summed E-state index contributed by atoms with van der Waals surface area (Å²) in [5.41, 5.74) is 4.79. The molecule has 0 spiro atoms. The number of carbonyl (C=O) groups is 2. The Morgan fingerprint density at radius 3 is 2.55 bits per heavy atom. The van der Waals surface area contributed by atoms with Gasteiger partial charge in [-0.15, -0.1) is 0 Å². The molecule has 6 nitrogen and oxygen atoms in total. The summed E-state index contributed by atoms with van der Waals surface area (Å²) in [5.74, 6) is -0.190. The molecule has 0 aliphatic heterocycles. The Morgan fingerprint density at radius 2 is 1.90 bits per heavy atom. The van der Waals surface area contributed by atoms with Crippen molar-refractivity contribution in [1.82, 2.24) is 4.98 Å². The molecule has 1 aromatic heterocycles. The summed E-state index contributed by atoms with van der Waals surface area (Å²) in [6, 6.07) is 18.6. The molecule has 29 heavy (non-hydrogen) atoms. The zero-order chi connectivity index (χ0) is 20.6. The lowest BCUT2D eigenvalue weighted by molar-refractivity contribution is -0.107. The molecule has 6 heteroatoms. The van der Waals surface area contributed by atoms with Gasteiger partial charge in [-0.3, -0.25) is 14.6 Å². The van der Waals surface area contributed by atoms with Crippen LogP contribution in [-0.2, 0) is 11.2 Å². The van der Waals surface area contributed by atoms with Crippen LogP contribution >= 0.6 is 0 Å². The third-order valence-corrected chi connectivity index (χ3v) is 4.61. The minimum absolute atomic E-state index is 0.190. The quantitative estimate of drug-likeness (QED) is 0.574. The summed E-state index contributed by atoms with van der Waals surface area (Å²) in [4.78, 5) is 30.0. The van der Waals surface area contributed by atoms with Gasteiger partial charge in [0, 0.05) is 49.0 Å². The third kappa shape index (κ3) is 5.19. The van der Waals surface area contributed by atoms with E-state index in [1.807, 2.05) is 49.4 Å². The fraction of sp³-hybridized carbons (Fsp3) is 0.174. The van der Waals surface area contributed by atoms with Crippen LogP contribution in [0, 0.1) is 6.92 Å². The molecule has 0 saturated carbocycles. The van der Waals surface area contributed by atoms with E-state index >= 15 is 0 Å². The van der Waals surface area contributed by atoms with E-state index in [0.29, 0.717) is 24.2 Å². The van der Waals surface area contributed by atoms with Crippen molar-refractivity contribution < 1.29 is 9.59 Å². The summed E-state index contributed by atoms with van der Waals surface area (Å²) in [7, 11) is 1.79. The number of amides is 2. The molecule has 0 saturated heterocycles. The topological polar surface area (TPSA) is 74.3 Å². The average Bonchev–Trinajstić information content (AvgIpc) is 2.75. The van der Waals surface area contributed by atoms with Crippen LogP contribution in [0.3, 0.4) is 0 Å². The van der Waals surface area contributed by atoms with Gasteiger partial charge in [-0.1, -0.05) is 12.1 Å². The molecular formula is C23H24N4O2. The minimum atomic E-state index is -0.190. The Labute approximate surface area is 170 Å². The highest BCUT2D eigenvalue weighted by Gasteiger charge is 2.12. The van der Waals surface area contributed by atoms with Gasteiger partial charge in [-0.05, 0) is 61.0 Å². The molecule has 0 bridgehead atoms. The first-order valence-electron chi connectivity index (χ1n) is 9.42. The number of pyridine rings is 1. The van der Waals surface area contributed by atoms with Crippen LogP contribution in [0.4, 0.5) is 17.1 Å². The highest BCUT2D eigenvalue weighted by molar-refractivity contribution is 6.08. The van der Waals surface area contributed by atoms with E-state index in [4.69, 9.17) is 0 Å². The molecule has 0 aliphatic carbocycles. The summed E-state index contributed by atoms with van der Waals surface area (Å²) in [6.07, 6.45) is 3.21. The molecule has 2 amide bonds. The highest BCUT2D eigenvalue weighted by atomic mass is 16.1. The number of benzene rings is 2. The molecule has 3 aromatic rings. The minimum Gasteiger partial charge on any atom is -0.387 e. The molecule has 0 unspecified atom stereocenters. The predicted molar refractivity (Wildman–Crippen MR) is 116 cm³/mol. The zero-order valence-electron chi connectivity index (χ0n) is 16.6. The number of hydrogen-bond donors (Lipinski definition) is 2. The first-order chi connectivity index (χ1) is 14.1. The predicted octanol–water partition coefficient (Wildman–Crippen LogP) is 3.89. The van der Waals surface area contributed by atoms with Crippen molar-refractivity contribution in [1.29, 1.82) is 0 Å². The molecule has 0 atom stereocenters. The van der Waals surface area contributed by atoms with Crippen LogP contribution in [-0.4, -0.2) is 30.9 Å². The van der Waals surface area contributed by atoms with E-state index in [0.717, 1.165) is 29.0 Å². The second kappa shape index (κ2) is 9.50. The number of aromatic nitrogens is 1. The van der Waals surface area contributed by atoms with Gasteiger partial charge >= 0.3 is 0 Å². The van der Waals surface area contributed by atoms with Gasteiger partial charge in [0.05, 0.1) is 5.56 Å². The van der Waals surface area contributed by atoms with Crippen molar-refractivity contribution in [2.24, 2.45) is 0 Å². The average molecular weight is 388 g/mol. The highest BCUT2D eigenvalue weighted by Crippen LogP contribution is 2.21. The summed E-state index contributed by atoms with van der Waals surface area (Å²) < 4.78 is 0. The Hall–Kier alpha value is -3.67. The lowest BCUT2D eigenvalue weighted by Gasteiger charge is -2.18. The van der Waals surface area contributed by atoms with Crippen molar-refractivity contribution in [3.8, 4) is 0 Å². The number of anilines is 3. The van der Waals surface area contributed by atoms with E-state index < -0.39 is 0 Å². The third-order valence-electron chi connectivity index (χ3n) is 4.61. The van der Waals surface area contributed by atoms with Gasteiger partial charge in [0.1, 0.15) is 0 Å². The summed E-state index contributed by atoms with van der Waals surface area (Å²) >= 11 is 0. The number of aryl methyl sites for hydroxylation is 1. The maximum Gasteiger partial charge on any atom is 0.257 e. The monoisotopic (exact) mass is 388 g/mol. The number of nitrogens with zero attached hydrogens (tertiary/aromatic N) is 2. The van der Waals surface area contributed by atoms with Crippen LogP contribution in [0.25, 0.3) is 0 Å². The molecule has 2 N–H and O–H groups in total. The molecule has 3 rings (SSSR count). The smallest absolute Gasteiger partial charge is 0.257 e. The van der Waals surface area contributed by atoms with Crippen LogP contribution in [0.15, 0.2) is 66.9 Å². The lowest BCUT2D eigenvalue weighted by Crippen LogP contribution is -2.24. The fourth-order valence-electron chi connectivity index (χ4n) is 3.02. The van der Waals surface area contributed by atoms with Crippen molar-refractivity contribution in [3.05, 3.63) is 83.7 Å². The van der Waals surface area contributed by atoms with Gasteiger partial charge < -0.3 is 15.5 Å². The van der Waals surface area contributed by atoms with E-state index in [1.165, 1.54) is 0 Å². The van der Waals surface area contributed by atoms with Crippen LogP contribution in [0.1, 0.15) is 21.6 Å². The van der Waals surface area contributed by atoms with Crippen LogP contribution in [0.2, 0.25) is 0 Å². The Kier molecular flexibility index (Phi) is 6.58. The first kappa shape index (κ1) is 20.1. The summed E-state index contributed by atoms with van der Waals surface area (Å²) in [6.45, 7) is 2.51. The van der Waals surface area contributed by atoms with Gasteiger partial charge in [0.25, 0.3) is 5.91 Å². The molecule has 148 valence electrons. The second-order valence-corrected chi connectivity index (χ2v) is 6.67. The van der Waals surface area contributed by atoms with E-state index in [2.05, 4.69) is 15.6 Å². The SMILES string of the molecule is CNc1cc(C)ccc1C(=O)Nc1ccc(N(C=O)CCc2ccccn2)cc1. The molecule has 1 heterocycles. The molecule has 0 fully saturated rings. The molecule has 0 aliphatic rings. The van der Waals surface area contributed by atoms with Crippen molar-refractivity contribution in [3.63, 3.8) is 0 Å². The van der Waals surface area contributed by atoms with Crippen molar-refractivity contribution in [2.45, 2.75) is 13.3 Å². The van der Waals surface area contributed by atoms with E-state index in [9.17, 15) is 9.59 Å². The number of carbonyl (C=O) groups excluding carboxylic acids is 2. The fourth-order valence-corrected chi connectivity index (χ4v) is 3.02. The molecule has 0 radical (unpaired) electrons. The maximum absolute atomic E-state index is 12.6. The Bertz CT molecular complexity index is 972. The van der Waals surface area contributed by atoms with E-state index in [1.54, 1.807) is 36.3 Å². The van der Waals surface area contributed by atoms with Crippen molar-refractivity contribution >= 4 is 29.4 Å². The summed E-state index contributed by atoms with van der Waals surface area (Å²) in [5, 5.41) is 5.95. The van der Waals surface area contributed by atoms with Gasteiger partial charge in [-0.25, -0.2) is 0 Å².